The van der Waals surface area contributed by atoms with Gasteiger partial charge < -0.3 is 10.8 Å². The number of anilines is 1. The van der Waals surface area contributed by atoms with E-state index in [2.05, 4.69) is 0 Å². The third-order valence-electron chi connectivity index (χ3n) is 1.96. The molecule has 0 aliphatic rings. The van der Waals surface area contributed by atoms with Crippen molar-refractivity contribution in [1.82, 2.24) is 0 Å². The summed E-state index contributed by atoms with van der Waals surface area (Å²) >= 11 is 7.50. The zero-order valence-electron chi connectivity index (χ0n) is 6.75. The molecule has 0 spiro atoms. The first-order chi connectivity index (χ1) is 6.22. The maximum Gasteiger partial charge on any atom is 0.0702 e. The van der Waals surface area contributed by atoms with Crippen LogP contribution < -0.4 is 5.73 Å². The van der Waals surface area contributed by atoms with Gasteiger partial charge in [-0.3, -0.25) is 0 Å². The topological polar surface area (TPSA) is 46.2 Å². The Morgan fingerprint density at radius 1 is 1.46 bits per heavy atom. The van der Waals surface area contributed by atoms with Crippen LogP contribution in [0.3, 0.4) is 0 Å². The van der Waals surface area contributed by atoms with Gasteiger partial charge in [0.1, 0.15) is 0 Å². The molecule has 2 nitrogen and oxygen atoms in total. The van der Waals surface area contributed by atoms with E-state index < -0.39 is 0 Å². The largest absolute Gasteiger partial charge is 0.398 e. The van der Waals surface area contributed by atoms with Crippen molar-refractivity contribution in [3.05, 3.63) is 28.1 Å². The number of hydrogen-bond donors (Lipinski definition) is 2. The van der Waals surface area contributed by atoms with Gasteiger partial charge in [0.25, 0.3) is 0 Å². The van der Waals surface area contributed by atoms with E-state index in [9.17, 15) is 0 Å². The minimum absolute atomic E-state index is 0.0477. The molecule has 0 aliphatic heterocycles. The fourth-order valence-corrected chi connectivity index (χ4v) is 2.43. The Hall–Kier alpha value is -0.770. The summed E-state index contributed by atoms with van der Waals surface area (Å²) in [6.45, 7) is -0.0477. The lowest BCUT2D eigenvalue weighted by atomic mass is 10.1. The number of halogens is 1. The van der Waals surface area contributed by atoms with Gasteiger partial charge in [-0.2, -0.15) is 0 Å². The molecule has 1 heterocycles. The predicted octanol–water partition coefficient (Wildman–Crippen LogP) is 2.63. The average Bonchev–Trinajstić information content (AvgIpc) is 2.46. The molecule has 0 saturated carbocycles. The highest BCUT2D eigenvalue weighted by Crippen LogP contribution is 2.33. The quantitative estimate of drug-likeness (QED) is 0.716. The van der Waals surface area contributed by atoms with E-state index >= 15 is 0 Å². The molecule has 0 unspecified atom stereocenters. The number of thiophene rings is 1. The van der Waals surface area contributed by atoms with Gasteiger partial charge in [0.15, 0.2) is 0 Å². The number of rotatable bonds is 1. The smallest absolute Gasteiger partial charge is 0.0702 e. The fraction of sp³-hybridized carbons (Fsp3) is 0.111. The summed E-state index contributed by atoms with van der Waals surface area (Å²) in [5.41, 5.74) is 7.06. The van der Waals surface area contributed by atoms with E-state index in [1.807, 2.05) is 17.5 Å². The molecule has 13 heavy (non-hydrogen) atoms. The molecule has 1 aromatic heterocycles. The molecule has 2 aromatic rings. The second-order valence-corrected chi connectivity index (χ2v) is 4.11. The van der Waals surface area contributed by atoms with Gasteiger partial charge in [-0.1, -0.05) is 11.6 Å². The fourth-order valence-electron chi connectivity index (χ4n) is 1.24. The molecule has 1 aromatic carbocycles. The number of nitrogens with two attached hydrogens (primary N) is 1. The maximum absolute atomic E-state index is 8.99. The standard InChI is InChI=1S/C9H8ClNOS/c10-7-4-13-9-2-8(11)5(3-12)1-6(7)9/h1-2,4,12H,3,11H2. The molecule has 0 aliphatic carbocycles. The lowest BCUT2D eigenvalue weighted by Gasteiger charge is -2.01. The third kappa shape index (κ3) is 1.39. The Kier molecular flexibility index (Phi) is 2.15. The van der Waals surface area contributed by atoms with Crippen LogP contribution in [0.2, 0.25) is 5.02 Å². The molecule has 3 N–H and O–H groups in total. The van der Waals surface area contributed by atoms with Gasteiger partial charge in [-0.05, 0) is 12.1 Å². The van der Waals surface area contributed by atoms with Crippen molar-refractivity contribution in [1.29, 1.82) is 0 Å². The summed E-state index contributed by atoms with van der Waals surface area (Å²) in [6, 6.07) is 3.68. The predicted molar refractivity (Wildman–Crippen MR) is 57.2 cm³/mol. The van der Waals surface area contributed by atoms with Crippen LogP contribution in [-0.4, -0.2) is 5.11 Å². The summed E-state index contributed by atoms with van der Waals surface area (Å²) < 4.78 is 1.06. The van der Waals surface area contributed by atoms with Gasteiger partial charge >= 0.3 is 0 Å². The number of hydrogen-bond acceptors (Lipinski definition) is 3. The number of aliphatic hydroxyl groups is 1. The van der Waals surface area contributed by atoms with Gasteiger partial charge in [-0.25, -0.2) is 0 Å². The van der Waals surface area contributed by atoms with Crippen LogP contribution in [0.4, 0.5) is 5.69 Å². The van der Waals surface area contributed by atoms with Crippen LogP contribution in [-0.2, 0) is 6.61 Å². The molecule has 68 valence electrons. The molecular formula is C9H8ClNOS. The summed E-state index contributed by atoms with van der Waals surface area (Å²) in [7, 11) is 0. The van der Waals surface area contributed by atoms with Crippen molar-refractivity contribution in [2.45, 2.75) is 6.61 Å². The third-order valence-corrected chi connectivity index (χ3v) is 3.35. The van der Waals surface area contributed by atoms with Crippen molar-refractivity contribution >= 4 is 38.7 Å². The SMILES string of the molecule is Nc1cc2scc(Cl)c2cc1CO. The van der Waals surface area contributed by atoms with Crippen LogP contribution >= 0.6 is 22.9 Å². The Bertz CT molecular complexity index is 452. The van der Waals surface area contributed by atoms with Gasteiger partial charge in [0.05, 0.1) is 11.6 Å². The zero-order chi connectivity index (χ0) is 9.42. The zero-order valence-corrected chi connectivity index (χ0v) is 8.32. The first-order valence-electron chi connectivity index (χ1n) is 3.78. The first kappa shape index (κ1) is 8.81. The summed E-state index contributed by atoms with van der Waals surface area (Å²) in [5.74, 6) is 0. The van der Waals surface area contributed by atoms with Crippen LogP contribution in [0.15, 0.2) is 17.5 Å². The van der Waals surface area contributed by atoms with Crippen molar-refractivity contribution in [2.24, 2.45) is 0 Å². The second kappa shape index (κ2) is 3.18. The number of nitrogen functional groups attached to an aromatic ring is 1. The highest BCUT2D eigenvalue weighted by atomic mass is 35.5. The van der Waals surface area contributed by atoms with E-state index in [4.69, 9.17) is 22.4 Å². The number of fused-ring (bicyclic) bond motifs is 1. The van der Waals surface area contributed by atoms with Gasteiger partial charge in [0, 0.05) is 26.7 Å². The van der Waals surface area contributed by atoms with Crippen molar-refractivity contribution in [3.8, 4) is 0 Å². The monoisotopic (exact) mass is 213 g/mol. The first-order valence-corrected chi connectivity index (χ1v) is 5.04. The van der Waals surface area contributed by atoms with Gasteiger partial charge in [0.2, 0.25) is 0 Å². The molecule has 4 heteroatoms. The summed E-state index contributed by atoms with van der Waals surface area (Å²) in [6.07, 6.45) is 0. The normalized spacial score (nSPS) is 10.9. The average molecular weight is 214 g/mol. The Balaban J connectivity index is 2.77. The van der Waals surface area contributed by atoms with Crippen molar-refractivity contribution in [3.63, 3.8) is 0 Å². The van der Waals surface area contributed by atoms with Crippen LogP contribution in [0.25, 0.3) is 10.1 Å². The maximum atomic E-state index is 8.99. The van der Waals surface area contributed by atoms with E-state index in [-0.39, 0.29) is 6.61 Å². The lowest BCUT2D eigenvalue weighted by Crippen LogP contribution is -1.92. The van der Waals surface area contributed by atoms with Crippen molar-refractivity contribution in [2.75, 3.05) is 5.73 Å². The molecule has 0 radical (unpaired) electrons. The minimum Gasteiger partial charge on any atom is -0.398 e. The van der Waals surface area contributed by atoms with Crippen LogP contribution in [0.5, 0.6) is 0 Å². The Morgan fingerprint density at radius 2 is 2.23 bits per heavy atom. The highest BCUT2D eigenvalue weighted by molar-refractivity contribution is 7.17. The Labute approximate surface area is 84.6 Å². The van der Waals surface area contributed by atoms with E-state index in [0.29, 0.717) is 5.69 Å². The van der Waals surface area contributed by atoms with Gasteiger partial charge in [-0.15, -0.1) is 11.3 Å². The Morgan fingerprint density at radius 3 is 2.92 bits per heavy atom. The number of aliphatic hydroxyl groups excluding tert-OH is 1. The molecule has 0 saturated heterocycles. The van der Waals surface area contributed by atoms with E-state index in [1.165, 1.54) is 0 Å². The molecule has 0 atom stereocenters. The molecular weight excluding hydrogens is 206 g/mol. The highest BCUT2D eigenvalue weighted by Gasteiger charge is 2.05. The lowest BCUT2D eigenvalue weighted by molar-refractivity contribution is 0.282. The van der Waals surface area contributed by atoms with Crippen LogP contribution in [0.1, 0.15) is 5.56 Å². The van der Waals surface area contributed by atoms with Crippen molar-refractivity contribution < 1.29 is 5.11 Å². The summed E-state index contributed by atoms with van der Waals surface area (Å²) in [5, 5.41) is 12.5. The van der Waals surface area contributed by atoms with E-state index in [1.54, 1.807) is 11.3 Å². The summed E-state index contributed by atoms with van der Waals surface area (Å²) in [4.78, 5) is 0. The minimum atomic E-state index is -0.0477. The second-order valence-electron chi connectivity index (χ2n) is 2.79. The van der Waals surface area contributed by atoms with E-state index in [0.717, 1.165) is 20.7 Å². The molecule has 0 fully saturated rings. The molecule has 0 amide bonds. The van der Waals surface area contributed by atoms with Crippen LogP contribution in [0, 0.1) is 0 Å². The molecule has 2 rings (SSSR count). The number of benzene rings is 1. The molecule has 0 bridgehead atoms.